The summed E-state index contributed by atoms with van der Waals surface area (Å²) in [5, 5.41) is 0.683. The normalized spacial score (nSPS) is 14.2. The average Bonchev–Trinajstić information content (AvgIpc) is 2.65. The second-order valence-corrected chi connectivity index (χ2v) is 5.41. The number of carbonyl (C=O) groups excluding carboxylic acids is 2. The predicted octanol–water partition coefficient (Wildman–Crippen LogP) is 4.10. The molecule has 0 saturated heterocycles. The van der Waals surface area contributed by atoms with Crippen LogP contribution in [0.4, 0.5) is 5.69 Å². The minimum absolute atomic E-state index is 0.245. The molecule has 0 radical (unpaired) electrons. The molecule has 5 heteroatoms. The fraction of sp³-hybridized carbons (Fsp3) is 0.429. The number of anilines is 1. The number of amides is 1. The van der Waals surface area contributed by atoms with Crippen molar-refractivity contribution >= 4 is 40.6 Å². The number of fused-ring (bicyclic) bond motifs is 1. The Morgan fingerprint density at radius 3 is 2.42 bits per heavy atom. The van der Waals surface area contributed by atoms with E-state index in [0.29, 0.717) is 17.3 Å². The second kappa shape index (κ2) is 5.93. The third kappa shape index (κ3) is 2.63. The predicted molar refractivity (Wildman–Crippen MR) is 77.3 cm³/mol. The summed E-state index contributed by atoms with van der Waals surface area (Å²) in [7, 11) is 0. The topological polar surface area (TPSA) is 37.4 Å². The van der Waals surface area contributed by atoms with E-state index < -0.39 is 11.7 Å². The van der Waals surface area contributed by atoms with Crippen LogP contribution in [0.5, 0.6) is 0 Å². The SMILES string of the molecule is CCCCCCN1C(=O)C(=O)c2c(Cl)ccc(Cl)c21. The van der Waals surface area contributed by atoms with Crippen LogP contribution in [0, 0.1) is 0 Å². The highest BCUT2D eigenvalue weighted by Crippen LogP contribution is 2.40. The molecule has 1 amide bonds. The van der Waals surface area contributed by atoms with E-state index in [0.717, 1.165) is 25.7 Å². The first-order valence-corrected chi connectivity index (χ1v) is 7.17. The fourth-order valence-electron chi connectivity index (χ4n) is 2.26. The Labute approximate surface area is 122 Å². The summed E-state index contributed by atoms with van der Waals surface area (Å²) in [6, 6.07) is 3.17. The minimum Gasteiger partial charge on any atom is -0.303 e. The smallest absolute Gasteiger partial charge is 0.299 e. The standard InChI is InChI=1S/C14H15Cl2NO2/c1-2-3-4-5-8-17-12-10(16)7-6-9(15)11(12)13(18)14(17)19/h6-7H,2-5,8H2,1H3. The molecule has 1 aromatic rings. The summed E-state index contributed by atoms with van der Waals surface area (Å²) in [5.41, 5.74) is 0.718. The van der Waals surface area contributed by atoms with E-state index in [-0.39, 0.29) is 10.6 Å². The van der Waals surface area contributed by atoms with Crippen LogP contribution in [0.25, 0.3) is 0 Å². The molecule has 1 aromatic carbocycles. The van der Waals surface area contributed by atoms with E-state index in [1.54, 1.807) is 12.1 Å². The molecule has 0 unspecified atom stereocenters. The van der Waals surface area contributed by atoms with Gasteiger partial charge in [0.25, 0.3) is 11.7 Å². The number of hydrogen-bond acceptors (Lipinski definition) is 2. The highest BCUT2D eigenvalue weighted by atomic mass is 35.5. The molecule has 1 aliphatic heterocycles. The number of halogens is 2. The summed E-state index contributed by atoms with van der Waals surface area (Å²) in [6.07, 6.45) is 4.12. The van der Waals surface area contributed by atoms with Crippen molar-refractivity contribution in [2.45, 2.75) is 32.6 Å². The lowest BCUT2D eigenvalue weighted by atomic mass is 10.1. The highest BCUT2D eigenvalue weighted by molar-refractivity contribution is 6.56. The summed E-state index contributed by atoms with van der Waals surface area (Å²) in [4.78, 5) is 25.4. The van der Waals surface area contributed by atoms with Gasteiger partial charge in [-0.25, -0.2) is 0 Å². The van der Waals surface area contributed by atoms with Gasteiger partial charge in [-0.2, -0.15) is 0 Å². The molecule has 2 rings (SSSR count). The Bertz CT molecular complexity index is 528. The van der Waals surface area contributed by atoms with E-state index in [4.69, 9.17) is 23.2 Å². The maximum absolute atomic E-state index is 12.0. The lowest BCUT2D eigenvalue weighted by molar-refractivity contribution is -0.114. The molecule has 0 aliphatic carbocycles. The number of ketones is 1. The molecular weight excluding hydrogens is 285 g/mol. The monoisotopic (exact) mass is 299 g/mol. The summed E-state index contributed by atoms with van der Waals surface area (Å²) < 4.78 is 0. The first-order valence-electron chi connectivity index (χ1n) is 6.42. The van der Waals surface area contributed by atoms with Crippen molar-refractivity contribution in [2.75, 3.05) is 11.4 Å². The number of rotatable bonds is 5. The van der Waals surface area contributed by atoms with Crippen LogP contribution in [0.1, 0.15) is 43.0 Å². The largest absolute Gasteiger partial charge is 0.303 e. The van der Waals surface area contributed by atoms with Gasteiger partial charge in [0.05, 0.1) is 21.3 Å². The van der Waals surface area contributed by atoms with Gasteiger partial charge in [0.1, 0.15) is 0 Å². The number of unbranched alkanes of at least 4 members (excludes halogenated alkanes) is 3. The molecular formula is C14H15Cl2NO2. The van der Waals surface area contributed by atoms with Crippen LogP contribution in [0.2, 0.25) is 10.0 Å². The Hall–Kier alpha value is -1.06. The van der Waals surface area contributed by atoms with Gasteiger partial charge >= 0.3 is 0 Å². The fourth-order valence-corrected chi connectivity index (χ4v) is 2.76. The van der Waals surface area contributed by atoms with Gasteiger partial charge in [0, 0.05) is 6.54 Å². The van der Waals surface area contributed by atoms with Gasteiger partial charge in [-0.1, -0.05) is 49.4 Å². The van der Waals surface area contributed by atoms with Crippen molar-refractivity contribution in [3.05, 3.63) is 27.7 Å². The molecule has 102 valence electrons. The van der Waals surface area contributed by atoms with Gasteiger partial charge in [-0.3, -0.25) is 9.59 Å². The Kier molecular flexibility index (Phi) is 4.48. The van der Waals surface area contributed by atoms with Crippen molar-refractivity contribution in [3.8, 4) is 0 Å². The van der Waals surface area contributed by atoms with Crippen LogP contribution >= 0.6 is 23.2 Å². The zero-order chi connectivity index (χ0) is 14.0. The molecule has 0 bridgehead atoms. The number of benzene rings is 1. The summed E-state index contributed by atoms with van der Waals surface area (Å²) >= 11 is 12.1. The maximum atomic E-state index is 12.0. The van der Waals surface area contributed by atoms with E-state index in [1.807, 2.05) is 0 Å². The average molecular weight is 300 g/mol. The lowest BCUT2D eigenvalue weighted by Crippen LogP contribution is -2.30. The molecule has 0 saturated carbocycles. The van der Waals surface area contributed by atoms with Crippen LogP contribution in [-0.2, 0) is 4.79 Å². The molecule has 0 spiro atoms. The molecule has 3 nitrogen and oxygen atoms in total. The zero-order valence-electron chi connectivity index (χ0n) is 10.7. The third-order valence-corrected chi connectivity index (χ3v) is 3.87. The van der Waals surface area contributed by atoms with Crippen molar-refractivity contribution in [3.63, 3.8) is 0 Å². The maximum Gasteiger partial charge on any atom is 0.299 e. The number of nitrogens with zero attached hydrogens (tertiary/aromatic N) is 1. The van der Waals surface area contributed by atoms with Crippen molar-refractivity contribution in [1.29, 1.82) is 0 Å². The lowest BCUT2D eigenvalue weighted by Gasteiger charge is -2.17. The van der Waals surface area contributed by atoms with Crippen LogP contribution in [-0.4, -0.2) is 18.2 Å². The summed E-state index contributed by atoms with van der Waals surface area (Å²) in [6.45, 7) is 2.63. The van der Waals surface area contributed by atoms with Crippen LogP contribution in [0.15, 0.2) is 12.1 Å². The van der Waals surface area contributed by atoms with Crippen LogP contribution in [0.3, 0.4) is 0 Å². The molecule has 0 fully saturated rings. The van der Waals surface area contributed by atoms with E-state index >= 15 is 0 Å². The zero-order valence-corrected chi connectivity index (χ0v) is 12.2. The van der Waals surface area contributed by atoms with Crippen molar-refractivity contribution in [1.82, 2.24) is 0 Å². The Morgan fingerprint density at radius 1 is 1.05 bits per heavy atom. The number of hydrogen-bond donors (Lipinski definition) is 0. The number of carbonyl (C=O) groups is 2. The molecule has 0 atom stereocenters. The van der Waals surface area contributed by atoms with Crippen molar-refractivity contribution < 1.29 is 9.59 Å². The first-order chi connectivity index (χ1) is 9.07. The molecule has 0 N–H and O–H groups in total. The quantitative estimate of drug-likeness (QED) is 0.606. The van der Waals surface area contributed by atoms with E-state index in [9.17, 15) is 9.59 Å². The van der Waals surface area contributed by atoms with Crippen molar-refractivity contribution in [2.24, 2.45) is 0 Å². The van der Waals surface area contributed by atoms with E-state index in [1.165, 1.54) is 4.90 Å². The molecule has 19 heavy (non-hydrogen) atoms. The Morgan fingerprint density at radius 2 is 1.74 bits per heavy atom. The van der Waals surface area contributed by atoms with Gasteiger partial charge in [0.2, 0.25) is 0 Å². The molecule has 0 aromatic heterocycles. The first kappa shape index (κ1) is 14.4. The van der Waals surface area contributed by atoms with Gasteiger partial charge < -0.3 is 4.90 Å². The highest BCUT2D eigenvalue weighted by Gasteiger charge is 2.38. The van der Waals surface area contributed by atoms with Gasteiger partial charge in [0.15, 0.2) is 0 Å². The van der Waals surface area contributed by atoms with Gasteiger partial charge in [-0.15, -0.1) is 0 Å². The summed E-state index contributed by atoms with van der Waals surface area (Å²) in [5.74, 6) is -1.08. The van der Waals surface area contributed by atoms with Gasteiger partial charge in [-0.05, 0) is 18.6 Å². The van der Waals surface area contributed by atoms with Crippen LogP contribution < -0.4 is 4.90 Å². The number of Topliss-reactive ketones (excluding diaryl/α,β-unsaturated/α-hetero) is 1. The Balaban J connectivity index is 2.26. The second-order valence-electron chi connectivity index (χ2n) is 4.60. The minimum atomic E-state index is -0.557. The third-order valence-electron chi connectivity index (χ3n) is 3.25. The molecule has 1 aliphatic rings. The van der Waals surface area contributed by atoms with E-state index in [2.05, 4.69) is 6.92 Å². The molecule has 1 heterocycles.